The van der Waals surface area contributed by atoms with Crippen LogP contribution in [0.4, 0.5) is 0 Å². The zero-order chi connectivity index (χ0) is 10.9. The fourth-order valence-electron chi connectivity index (χ4n) is 2.10. The molecule has 2 rings (SSSR count). The van der Waals surface area contributed by atoms with Crippen LogP contribution in [0.1, 0.15) is 19.3 Å². The molecule has 0 bridgehead atoms. The molecule has 0 aromatic heterocycles. The molecule has 1 saturated heterocycles. The van der Waals surface area contributed by atoms with Gasteiger partial charge < -0.3 is 20.3 Å². The highest BCUT2D eigenvalue weighted by Crippen LogP contribution is 2.28. The lowest BCUT2D eigenvalue weighted by atomic mass is 9.79. The van der Waals surface area contributed by atoms with Gasteiger partial charge >= 0.3 is 5.97 Å². The van der Waals surface area contributed by atoms with E-state index in [1.165, 1.54) is 0 Å². The molecule has 5 heteroatoms. The summed E-state index contributed by atoms with van der Waals surface area (Å²) in [5.41, 5.74) is -0.793. The number of aliphatic hydroxyl groups is 1. The number of carboxylic acid groups (broad SMARTS) is 1. The Morgan fingerprint density at radius 2 is 2.33 bits per heavy atom. The van der Waals surface area contributed by atoms with Gasteiger partial charge in [0.1, 0.15) is 5.60 Å². The van der Waals surface area contributed by atoms with E-state index in [4.69, 9.17) is 9.84 Å². The zero-order valence-corrected chi connectivity index (χ0v) is 8.61. The minimum atomic E-state index is -0.793. The Morgan fingerprint density at radius 1 is 1.53 bits per heavy atom. The first kappa shape index (κ1) is 10.9. The van der Waals surface area contributed by atoms with E-state index in [0.717, 1.165) is 12.8 Å². The van der Waals surface area contributed by atoms with Crippen molar-refractivity contribution in [3.05, 3.63) is 0 Å². The molecule has 0 radical (unpaired) electrons. The van der Waals surface area contributed by atoms with Crippen molar-refractivity contribution < 1.29 is 19.7 Å². The first-order valence-corrected chi connectivity index (χ1v) is 5.37. The molecule has 1 aliphatic carbocycles. The minimum Gasteiger partial charge on any atom is -0.481 e. The molecule has 0 spiro atoms. The summed E-state index contributed by atoms with van der Waals surface area (Å²) in [7, 11) is 0. The van der Waals surface area contributed by atoms with Crippen LogP contribution in [0, 0.1) is 5.92 Å². The number of carboxylic acids is 1. The van der Waals surface area contributed by atoms with Crippen molar-refractivity contribution in [1.82, 2.24) is 5.32 Å². The molecule has 1 saturated carbocycles. The fraction of sp³-hybridized carbons (Fsp3) is 0.900. The van der Waals surface area contributed by atoms with Gasteiger partial charge in [0, 0.05) is 25.6 Å². The van der Waals surface area contributed by atoms with E-state index >= 15 is 0 Å². The van der Waals surface area contributed by atoms with Crippen LogP contribution in [-0.2, 0) is 9.53 Å². The molecule has 0 aromatic rings. The van der Waals surface area contributed by atoms with Crippen molar-refractivity contribution in [1.29, 1.82) is 0 Å². The van der Waals surface area contributed by atoms with Crippen molar-refractivity contribution in [2.45, 2.75) is 30.9 Å². The maximum absolute atomic E-state index is 10.7. The summed E-state index contributed by atoms with van der Waals surface area (Å²) in [6, 6.07) is 0.0205. The van der Waals surface area contributed by atoms with Gasteiger partial charge in [-0.15, -0.1) is 0 Å². The molecular formula is C10H17NO4. The smallest absolute Gasteiger partial charge is 0.308 e. The second-order valence-electron chi connectivity index (χ2n) is 4.54. The van der Waals surface area contributed by atoms with Crippen LogP contribution in [0.15, 0.2) is 0 Å². The standard InChI is InChI=1S/C10H17NO4/c12-9(13)7-1-2-8(7)11-5-10(14)3-4-15-6-10/h7-8,11,14H,1-6H2,(H,12,13). The number of nitrogens with one attached hydrogen (secondary N) is 1. The van der Waals surface area contributed by atoms with Gasteiger partial charge in [-0.2, -0.15) is 0 Å². The zero-order valence-electron chi connectivity index (χ0n) is 8.61. The van der Waals surface area contributed by atoms with Gasteiger partial charge in [-0.25, -0.2) is 0 Å². The van der Waals surface area contributed by atoms with E-state index in [-0.39, 0.29) is 12.0 Å². The highest BCUT2D eigenvalue weighted by Gasteiger charge is 2.39. The monoisotopic (exact) mass is 215 g/mol. The lowest BCUT2D eigenvalue weighted by Gasteiger charge is -2.36. The summed E-state index contributed by atoms with van der Waals surface area (Å²) in [4.78, 5) is 10.7. The van der Waals surface area contributed by atoms with Crippen molar-refractivity contribution >= 4 is 5.97 Å². The average Bonchev–Trinajstić information content (AvgIpc) is 2.49. The molecule has 5 nitrogen and oxygen atoms in total. The number of hydrogen-bond donors (Lipinski definition) is 3. The third-order valence-electron chi connectivity index (χ3n) is 3.37. The van der Waals surface area contributed by atoms with Crippen molar-refractivity contribution in [3.63, 3.8) is 0 Å². The Kier molecular flexibility index (Phi) is 2.95. The van der Waals surface area contributed by atoms with Crippen molar-refractivity contribution in [3.8, 4) is 0 Å². The summed E-state index contributed by atoms with van der Waals surface area (Å²) >= 11 is 0. The van der Waals surface area contributed by atoms with Gasteiger partial charge in [0.2, 0.25) is 0 Å². The third-order valence-corrected chi connectivity index (χ3v) is 3.37. The molecule has 86 valence electrons. The van der Waals surface area contributed by atoms with Crippen LogP contribution in [0.3, 0.4) is 0 Å². The van der Waals surface area contributed by atoms with Crippen LogP contribution < -0.4 is 5.32 Å². The molecule has 3 atom stereocenters. The minimum absolute atomic E-state index is 0.0205. The van der Waals surface area contributed by atoms with E-state index in [1.807, 2.05) is 0 Å². The number of ether oxygens (including phenoxy) is 1. The lowest BCUT2D eigenvalue weighted by Crippen LogP contribution is -2.53. The number of carbonyl (C=O) groups is 1. The molecule has 1 aliphatic heterocycles. The third kappa shape index (κ3) is 2.30. The maximum atomic E-state index is 10.7. The molecule has 1 heterocycles. The second-order valence-corrected chi connectivity index (χ2v) is 4.54. The highest BCUT2D eigenvalue weighted by molar-refractivity contribution is 5.72. The van der Waals surface area contributed by atoms with E-state index in [2.05, 4.69) is 5.32 Å². The molecule has 0 aromatic carbocycles. The summed E-state index contributed by atoms with van der Waals surface area (Å²) in [6.45, 7) is 1.37. The maximum Gasteiger partial charge on any atom is 0.308 e. The van der Waals surface area contributed by atoms with Crippen LogP contribution in [0.2, 0.25) is 0 Å². The Balaban J connectivity index is 1.76. The molecule has 2 fully saturated rings. The Labute approximate surface area is 88.4 Å². The topological polar surface area (TPSA) is 78.8 Å². The molecular weight excluding hydrogens is 198 g/mol. The first-order valence-electron chi connectivity index (χ1n) is 5.37. The van der Waals surface area contributed by atoms with Crippen LogP contribution in [0.5, 0.6) is 0 Å². The second kappa shape index (κ2) is 4.08. The molecule has 3 unspecified atom stereocenters. The largest absolute Gasteiger partial charge is 0.481 e. The summed E-state index contributed by atoms with van der Waals surface area (Å²) in [5, 5.41) is 21.9. The van der Waals surface area contributed by atoms with Crippen molar-refractivity contribution in [2.75, 3.05) is 19.8 Å². The summed E-state index contributed by atoms with van der Waals surface area (Å²) in [6.07, 6.45) is 2.25. The predicted octanol–water partition coefficient (Wildman–Crippen LogP) is -0.409. The quantitative estimate of drug-likeness (QED) is 0.594. The predicted molar refractivity (Wildman–Crippen MR) is 52.5 cm³/mol. The Bertz CT molecular complexity index is 250. The van der Waals surface area contributed by atoms with E-state index < -0.39 is 11.6 Å². The highest BCUT2D eigenvalue weighted by atomic mass is 16.5. The van der Waals surface area contributed by atoms with Gasteiger partial charge in [0.05, 0.1) is 12.5 Å². The van der Waals surface area contributed by atoms with Crippen LogP contribution in [0.25, 0.3) is 0 Å². The van der Waals surface area contributed by atoms with Crippen LogP contribution in [-0.4, -0.2) is 47.6 Å². The SMILES string of the molecule is O=C(O)C1CCC1NCC1(O)CCOC1. The van der Waals surface area contributed by atoms with E-state index in [9.17, 15) is 9.90 Å². The molecule has 3 N–H and O–H groups in total. The lowest BCUT2D eigenvalue weighted by molar-refractivity contribution is -0.146. The normalized spacial score (nSPS) is 40.1. The van der Waals surface area contributed by atoms with Gasteiger partial charge in [0.25, 0.3) is 0 Å². The molecule has 15 heavy (non-hydrogen) atoms. The fourth-order valence-corrected chi connectivity index (χ4v) is 2.10. The number of aliphatic carboxylic acids is 1. The van der Waals surface area contributed by atoms with Gasteiger partial charge in [-0.05, 0) is 12.8 Å². The van der Waals surface area contributed by atoms with Gasteiger partial charge in [0.15, 0.2) is 0 Å². The molecule has 2 aliphatic rings. The summed E-state index contributed by atoms with van der Waals surface area (Å²) < 4.78 is 5.11. The number of rotatable bonds is 4. The number of hydrogen-bond acceptors (Lipinski definition) is 4. The van der Waals surface area contributed by atoms with E-state index in [1.54, 1.807) is 0 Å². The first-order chi connectivity index (χ1) is 7.11. The van der Waals surface area contributed by atoms with E-state index in [0.29, 0.717) is 26.2 Å². The average molecular weight is 215 g/mol. The van der Waals surface area contributed by atoms with Gasteiger partial charge in [-0.1, -0.05) is 0 Å². The van der Waals surface area contributed by atoms with Gasteiger partial charge in [-0.3, -0.25) is 4.79 Å². The van der Waals surface area contributed by atoms with Crippen LogP contribution >= 0.6 is 0 Å². The Morgan fingerprint density at radius 3 is 2.80 bits per heavy atom. The van der Waals surface area contributed by atoms with Crippen molar-refractivity contribution in [2.24, 2.45) is 5.92 Å². The Hall–Kier alpha value is -0.650. The summed E-state index contributed by atoms with van der Waals surface area (Å²) in [5.74, 6) is -1.02. The molecule has 0 amide bonds.